The molecule has 1 unspecified atom stereocenters. The summed E-state index contributed by atoms with van der Waals surface area (Å²) >= 11 is 0. The van der Waals surface area contributed by atoms with Gasteiger partial charge in [-0.1, -0.05) is 30.3 Å². The van der Waals surface area contributed by atoms with Crippen molar-refractivity contribution in [2.45, 2.75) is 31.3 Å². The molecule has 33 heavy (non-hydrogen) atoms. The number of pyridine rings is 1. The van der Waals surface area contributed by atoms with E-state index >= 15 is 8.78 Å². The van der Waals surface area contributed by atoms with Crippen molar-refractivity contribution in [3.05, 3.63) is 70.0 Å². The van der Waals surface area contributed by atoms with Crippen LogP contribution in [0.4, 0.5) is 19.3 Å². The predicted molar refractivity (Wildman–Crippen MR) is 119 cm³/mol. The summed E-state index contributed by atoms with van der Waals surface area (Å²) in [4.78, 5) is 25.5. The number of anilines is 1. The van der Waals surface area contributed by atoms with E-state index in [1.165, 1.54) is 10.8 Å². The fourth-order valence-electron chi connectivity index (χ4n) is 4.55. The molecule has 2 fully saturated rings. The van der Waals surface area contributed by atoms with Crippen LogP contribution < -0.4 is 20.4 Å². The zero-order valence-electron chi connectivity index (χ0n) is 18.0. The van der Waals surface area contributed by atoms with E-state index in [0.29, 0.717) is 32.5 Å². The lowest BCUT2D eigenvalue weighted by Gasteiger charge is -2.36. The molecular weight excluding hydrogens is 432 g/mol. The number of benzene rings is 2. The minimum atomic E-state index is -1.66. The van der Waals surface area contributed by atoms with Gasteiger partial charge >= 0.3 is 6.16 Å². The third-order valence-corrected chi connectivity index (χ3v) is 6.57. The maximum Gasteiger partial charge on any atom is 0.511 e. The van der Waals surface area contributed by atoms with Gasteiger partial charge in [-0.3, -0.25) is 4.79 Å². The molecule has 0 spiro atoms. The first-order valence-corrected chi connectivity index (χ1v) is 10.8. The first-order valence-electron chi connectivity index (χ1n) is 10.8. The van der Waals surface area contributed by atoms with Crippen molar-refractivity contribution in [2.75, 3.05) is 24.5 Å². The van der Waals surface area contributed by atoms with Gasteiger partial charge in [-0.25, -0.2) is 13.6 Å². The van der Waals surface area contributed by atoms with Crippen molar-refractivity contribution < 1.29 is 23.4 Å². The van der Waals surface area contributed by atoms with Crippen LogP contribution in [0.1, 0.15) is 31.4 Å². The van der Waals surface area contributed by atoms with Gasteiger partial charge in [-0.15, -0.1) is 0 Å². The molecule has 2 aromatic carbocycles. The maximum absolute atomic E-state index is 16.0. The summed E-state index contributed by atoms with van der Waals surface area (Å²) in [6.07, 6.45) is 0.992. The second kappa shape index (κ2) is 7.84. The largest absolute Gasteiger partial charge is 0.511 e. The Hall–Kier alpha value is -3.46. The normalized spacial score (nSPS) is 19.5. The molecule has 7 nitrogen and oxygen atoms in total. The van der Waals surface area contributed by atoms with Crippen LogP contribution in [-0.2, 0) is 5.54 Å². The zero-order valence-corrected chi connectivity index (χ0v) is 18.0. The first kappa shape index (κ1) is 21.4. The Morgan fingerprint density at radius 3 is 2.64 bits per heavy atom. The highest BCUT2D eigenvalue weighted by Crippen LogP contribution is 2.46. The van der Waals surface area contributed by atoms with E-state index in [1.807, 2.05) is 37.3 Å². The molecular formula is C24H23F2N3O4. The summed E-state index contributed by atoms with van der Waals surface area (Å²) in [5.41, 5.74) is -0.575. The number of ether oxygens (including phenoxy) is 1. The standard InChI is InChI=1S/C24H23F2N3O4/c1-24(7-8-24)29-13-18(33-23(31)32)22(30)15-11-16(25)21(19(26)20(15)29)28-10-9-27-17(12-28)14-5-3-2-4-6-14/h2-6,11,13,17,27H,7-10,12H2,1H3,(H,31,32). The van der Waals surface area contributed by atoms with E-state index in [1.54, 1.807) is 4.90 Å². The van der Waals surface area contributed by atoms with Crippen LogP contribution in [0.15, 0.2) is 47.4 Å². The summed E-state index contributed by atoms with van der Waals surface area (Å²) < 4.78 is 37.5. The Morgan fingerprint density at radius 2 is 1.97 bits per heavy atom. The van der Waals surface area contributed by atoms with Crippen LogP contribution in [0.2, 0.25) is 0 Å². The number of halogens is 2. The highest BCUT2D eigenvalue weighted by Gasteiger charge is 2.41. The van der Waals surface area contributed by atoms with Crippen LogP contribution in [0.5, 0.6) is 5.75 Å². The minimum absolute atomic E-state index is 0.0380. The molecule has 172 valence electrons. The van der Waals surface area contributed by atoms with E-state index in [9.17, 15) is 9.59 Å². The van der Waals surface area contributed by atoms with Gasteiger partial charge in [-0.2, -0.15) is 0 Å². The Labute approximate surface area is 188 Å². The summed E-state index contributed by atoms with van der Waals surface area (Å²) in [7, 11) is 0. The molecule has 1 aromatic heterocycles. The van der Waals surface area contributed by atoms with Gasteiger partial charge < -0.3 is 24.6 Å². The van der Waals surface area contributed by atoms with Crippen molar-refractivity contribution in [3.63, 3.8) is 0 Å². The average molecular weight is 455 g/mol. The lowest BCUT2D eigenvalue weighted by molar-refractivity contribution is 0.143. The number of aromatic nitrogens is 1. The van der Waals surface area contributed by atoms with Crippen molar-refractivity contribution in [2.24, 2.45) is 0 Å². The van der Waals surface area contributed by atoms with Gasteiger partial charge in [0.2, 0.25) is 5.43 Å². The number of carboxylic acid groups (broad SMARTS) is 1. The van der Waals surface area contributed by atoms with Crippen LogP contribution in [-0.4, -0.2) is 35.5 Å². The van der Waals surface area contributed by atoms with E-state index in [4.69, 9.17) is 5.11 Å². The Morgan fingerprint density at radius 1 is 1.24 bits per heavy atom. The topological polar surface area (TPSA) is 83.8 Å². The molecule has 1 atom stereocenters. The lowest BCUT2D eigenvalue weighted by atomic mass is 10.0. The molecule has 1 saturated heterocycles. The summed E-state index contributed by atoms with van der Waals surface area (Å²) in [5, 5.41) is 12.1. The van der Waals surface area contributed by atoms with E-state index in [0.717, 1.165) is 11.6 Å². The van der Waals surface area contributed by atoms with Gasteiger partial charge in [-0.05, 0) is 31.4 Å². The van der Waals surface area contributed by atoms with E-state index in [-0.39, 0.29) is 22.6 Å². The van der Waals surface area contributed by atoms with Crippen LogP contribution >= 0.6 is 0 Å². The molecule has 0 radical (unpaired) electrons. The minimum Gasteiger partial charge on any atom is -0.449 e. The van der Waals surface area contributed by atoms with Gasteiger partial charge in [0.15, 0.2) is 11.6 Å². The SMILES string of the molecule is CC1(n2cc(OC(=O)O)c(=O)c3cc(F)c(N4CCNC(c5ccccc5)C4)c(F)c32)CC1. The van der Waals surface area contributed by atoms with Crippen LogP contribution in [0.25, 0.3) is 10.9 Å². The summed E-state index contributed by atoms with van der Waals surface area (Å²) in [5.74, 6) is -2.17. The Balaban J connectivity index is 1.65. The number of hydrogen-bond donors (Lipinski definition) is 2. The molecule has 1 saturated carbocycles. The van der Waals surface area contributed by atoms with E-state index < -0.39 is 34.5 Å². The fraction of sp³-hybridized carbons (Fsp3) is 0.333. The van der Waals surface area contributed by atoms with Crippen molar-refractivity contribution in [3.8, 4) is 5.75 Å². The Kier molecular flexibility index (Phi) is 5.08. The molecule has 1 aliphatic carbocycles. The molecule has 0 bridgehead atoms. The van der Waals surface area contributed by atoms with Gasteiger partial charge in [0.1, 0.15) is 11.5 Å². The second-order valence-electron chi connectivity index (χ2n) is 8.84. The van der Waals surface area contributed by atoms with Crippen molar-refractivity contribution in [1.29, 1.82) is 0 Å². The summed E-state index contributed by atoms with van der Waals surface area (Å²) in [6, 6.07) is 10.6. The number of fused-ring (bicyclic) bond motifs is 1. The van der Waals surface area contributed by atoms with Crippen molar-refractivity contribution in [1.82, 2.24) is 9.88 Å². The lowest BCUT2D eigenvalue weighted by Crippen LogP contribution is -2.46. The van der Waals surface area contributed by atoms with Crippen molar-refractivity contribution >= 4 is 22.7 Å². The summed E-state index contributed by atoms with van der Waals surface area (Å²) in [6.45, 7) is 3.15. The third kappa shape index (κ3) is 3.72. The molecule has 5 rings (SSSR count). The van der Waals surface area contributed by atoms with Crippen LogP contribution in [0, 0.1) is 11.6 Å². The third-order valence-electron chi connectivity index (χ3n) is 6.57. The maximum atomic E-state index is 16.0. The quantitative estimate of drug-likeness (QED) is 0.579. The number of carbonyl (C=O) groups is 1. The molecule has 1 aliphatic heterocycles. The second-order valence-corrected chi connectivity index (χ2v) is 8.84. The smallest absolute Gasteiger partial charge is 0.449 e. The molecule has 3 aromatic rings. The monoisotopic (exact) mass is 455 g/mol. The zero-order chi connectivity index (χ0) is 23.3. The predicted octanol–water partition coefficient (Wildman–Crippen LogP) is 4.00. The highest BCUT2D eigenvalue weighted by molar-refractivity contribution is 5.86. The molecule has 2 N–H and O–H groups in total. The Bertz CT molecular complexity index is 1300. The van der Waals surface area contributed by atoms with Gasteiger partial charge in [0.05, 0.1) is 17.1 Å². The molecule has 9 heteroatoms. The average Bonchev–Trinajstić information content (AvgIpc) is 3.55. The first-order chi connectivity index (χ1) is 15.8. The molecule has 0 amide bonds. The fourth-order valence-corrected chi connectivity index (χ4v) is 4.55. The molecule has 2 heterocycles. The number of nitrogens with zero attached hydrogens (tertiary/aromatic N) is 2. The van der Waals surface area contributed by atoms with Crippen LogP contribution in [0.3, 0.4) is 0 Å². The van der Waals surface area contributed by atoms with Gasteiger partial charge in [0.25, 0.3) is 0 Å². The van der Waals surface area contributed by atoms with Gasteiger partial charge in [0, 0.05) is 31.2 Å². The number of hydrogen-bond acceptors (Lipinski definition) is 5. The number of piperazine rings is 1. The van der Waals surface area contributed by atoms with E-state index in [2.05, 4.69) is 10.1 Å². The number of nitrogens with one attached hydrogen (secondary N) is 1. The molecule has 2 aliphatic rings. The highest BCUT2D eigenvalue weighted by atomic mass is 19.1. The number of rotatable bonds is 4.